The van der Waals surface area contributed by atoms with Crippen molar-refractivity contribution in [1.29, 1.82) is 0 Å². The molecule has 10 heteroatoms. The molecule has 128 valence electrons. The second-order valence-electron chi connectivity index (χ2n) is 5.41. The number of imidazole rings is 1. The van der Waals surface area contributed by atoms with Gasteiger partial charge < -0.3 is 4.98 Å². The molecule has 0 radical (unpaired) electrons. The van der Waals surface area contributed by atoms with Crippen molar-refractivity contribution in [2.75, 3.05) is 0 Å². The first-order chi connectivity index (χ1) is 11.8. The van der Waals surface area contributed by atoms with Gasteiger partial charge in [0.05, 0.1) is 16.0 Å². The van der Waals surface area contributed by atoms with E-state index in [1.807, 2.05) is 4.98 Å². The molecular weight excluding hydrogens is 330 g/mol. The van der Waals surface area contributed by atoms with Crippen molar-refractivity contribution in [3.05, 3.63) is 70.9 Å². The second kappa shape index (κ2) is 5.74. The molecule has 0 saturated heterocycles. The topological polar surface area (TPSA) is 136 Å². The van der Waals surface area contributed by atoms with E-state index in [-0.39, 0.29) is 11.4 Å². The van der Waals surface area contributed by atoms with Crippen LogP contribution in [0.15, 0.2) is 32.6 Å². The highest BCUT2D eigenvalue weighted by Crippen LogP contribution is 2.17. The third-order valence-electron chi connectivity index (χ3n) is 3.87. The molecule has 0 bridgehead atoms. The molecule has 0 spiro atoms. The lowest BCUT2D eigenvalue weighted by Gasteiger charge is -1.99. The van der Waals surface area contributed by atoms with Crippen molar-refractivity contribution in [1.82, 2.24) is 19.1 Å². The number of aromatic amines is 2. The maximum atomic E-state index is 11.9. The molecule has 0 fully saturated rings. The van der Waals surface area contributed by atoms with E-state index in [1.54, 1.807) is 32.3 Å². The van der Waals surface area contributed by atoms with Crippen LogP contribution in [-0.4, -0.2) is 24.0 Å². The SMILES string of the molecule is Cn1c(=O)n(C)c2cc(/C=C\c3[nH]c(=O)[nH]c(=O)c3[N+](=O)[O-])ccc21. The van der Waals surface area contributed by atoms with E-state index in [0.29, 0.717) is 11.1 Å². The molecule has 3 rings (SSSR count). The van der Waals surface area contributed by atoms with Crippen LogP contribution < -0.4 is 16.9 Å². The molecular formula is C15H13N5O5. The second-order valence-corrected chi connectivity index (χ2v) is 5.41. The first kappa shape index (κ1) is 16.2. The van der Waals surface area contributed by atoms with E-state index < -0.39 is 21.9 Å². The Morgan fingerprint density at radius 1 is 1.04 bits per heavy atom. The Bertz CT molecular complexity index is 1210. The lowest BCUT2D eigenvalue weighted by atomic mass is 10.1. The average molecular weight is 343 g/mol. The van der Waals surface area contributed by atoms with Gasteiger partial charge in [-0.25, -0.2) is 9.59 Å². The largest absolute Gasteiger partial charge is 0.357 e. The molecule has 0 saturated carbocycles. The van der Waals surface area contributed by atoms with Crippen molar-refractivity contribution >= 4 is 28.9 Å². The first-order valence-corrected chi connectivity index (χ1v) is 7.14. The van der Waals surface area contributed by atoms with Crippen molar-refractivity contribution in [2.45, 2.75) is 0 Å². The van der Waals surface area contributed by atoms with Crippen LogP contribution in [0.1, 0.15) is 11.3 Å². The van der Waals surface area contributed by atoms with Gasteiger partial charge in [-0.1, -0.05) is 12.1 Å². The van der Waals surface area contributed by atoms with E-state index in [2.05, 4.69) is 4.98 Å². The number of hydrogen-bond acceptors (Lipinski definition) is 5. The number of aromatic nitrogens is 4. The van der Waals surface area contributed by atoms with Crippen molar-refractivity contribution in [2.24, 2.45) is 14.1 Å². The molecule has 2 N–H and O–H groups in total. The highest BCUT2D eigenvalue weighted by atomic mass is 16.6. The Morgan fingerprint density at radius 2 is 1.72 bits per heavy atom. The summed E-state index contributed by atoms with van der Waals surface area (Å²) >= 11 is 0. The zero-order valence-corrected chi connectivity index (χ0v) is 13.3. The Balaban J connectivity index is 2.12. The van der Waals surface area contributed by atoms with Crippen molar-refractivity contribution in [3.63, 3.8) is 0 Å². The Hall–Kier alpha value is -3.69. The molecule has 3 aromatic rings. The highest BCUT2D eigenvalue weighted by Gasteiger charge is 2.18. The number of fused-ring (bicyclic) bond motifs is 1. The Labute approximate surface area is 138 Å². The molecule has 2 aromatic heterocycles. The van der Waals surface area contributed by atoms with E-state index in [0.717, 1.165) is 5.52 Å². The monoisotopic (exact) mass is 343 g/mol. The minimum atomic E-state index is -1.07. The zero-order valence-electron chi connectivity index (χ0n) is 13.3. The Kier molecular flexibility index (Phi) is 3.72. The summed E-state index contributed by atoms with van der Waals surface area (Å²) in [6.07, 6.45) is 2.78. The quantitative estimate of drug-likeness (QED) is 0.522. The summed E-state index contributed by atoms with van der Waals surface area (Å²) in [5.41, 5.74) is -0.978. The number of nitro groups is 1. The summed E-state index contributed by atoms with van der Waals surface area (Å²) in [5, 5.41) is 11.0. The van der Waals surface area contributed by atoms with E-state index >= 15 is 0 Å². The van der Waals surface area contributed by atoms with Gasteiger partial charge in [0.15, 0.2) is 0 Å². The molecule has 0 aliphatic carbocycles. The maximum absolute atomic E-state index is 11.9. The van der Waals surface area contributed by atoms with Crippen LogP contribution in [-0.2, 0) is 14.1 Å². The summed E-state index contributed by atoms with van der Waals surface area (Å²) in [4.78, 5) is 49.1. The smallest absolute Gasteiger partial charge is 0.301 e. The van der Waals surface area contributed by atoms with Crippen LogP contribution in [0.25, 0.3) is 23.2 Å². The molecule has 0 amide bonds. The minimum absolute atomic E-state index is 0.175. The summed E-state index contributed by atoms with van der Waals surface area (Å²) in [6, 6.07) is 5.19. The van der Waals surface area contributed by atoms with Gasteiger partial charge in [-0.3, -0.25) is 29.0 Å². The first-order valence-electron chi connectivity index (χ1n) is 7.14. The summed E-state index contributed by atoms with van der Waals surface area (Å²) in [6.45, 7) is 0. The summed E-state index contributed by atoms with van der Waals surface area (Å²) in [5.74, 6) is 0. The van der Waals surface area contributed by atoms with Crippen molar-refractivity contribution < 1.29 is 4.92 Å². The van der Waals surface area contributed by atoms with Crippen molar-refractivity contribution in [3.8, 4) is 0 Å². The van der Waals surface area contributed by atoms with Crippen LogP contribution in [0.2, 0.25) is 0 Å². The molecule has 0 aliphatic heterocycles. The van der Waals surface area contributed by atoms with Crippen LogP contribution in [0, 0.1) is 10.1 Å². The molecule has 0 atom stereocenters. The molecule has 25 heavy (non-hydrogen) atoms. The number of hydrogen-bond donors (Lipinski definition) is 2. The van der Waals surface area contributed by atoms with Gasteiger partial charge in [-0.15, -0.1) is 0 Å². The average Bonchev–Trinajstić information content (AvgIpc) is 2.76. The number of aryl methyl sites for hydroxylation is 2. The Morgan fingerprint density at radius 3 is 2.40 bits per heavy atom. The number of benzene rings is 1. The fraction of sp³-hybridized carbons (Fsp3) is 0.133. The summed E-state index contributed by atoms with van der Waals surface area (Å²) < 4.78 is 2.98. The third kappa shape index (κ3) is 2.69. The maximum Gasteiger partial charge on any atom is 0.357 e. The molecule has 1 aromatic carbocycles. The van der Waals surface area contributed by atoms with Crippen LogP contribution in [0.3, 0.4) is 0 Å². The van der Waals surface area contributed by atoms with Gasteiger partial charge in [0.25, 0.3) is 0 Å². The molecule has 0 aliphatic rings. The lowest BCUT2D eigenvalue weighted by Crippen LogP contribution is -2.25. The van der Waals surface area contributed by atoms with Gasteiger partial charge in [0, 0.05) is 14.1 Å². The number of rotatable bonds is 3. The van der Waals surface area contributed by atoms with Gasteiger partial charge in [0.1, 0.15) is 5.69 Å². The fourth-order valence-corrected chi connectivity index (χ4v) is 2.61. The normalized spacial score (nSPS) is 11.4. The van der Waals surface area contributed by atoms with E-state index in [4.69, 9.17) is 0 Å². The standard InChI is InChI=1S/C15H13N5O5/c1-18-10-6-4-8(7-11(10)19(2)15(18)23)3-5-9-12(20(24)25)13(21)17-14(22)16-9/h3-7H,1-2H3,(H2,16,17,21,22)/b5-3-. The minimum Gasteiger partial charge on any atom is -0.301 e. The van der Waals surface area contributed by atoms with Gasteiger partial charge in [-0.2, -0.15) is 0 Å². The lowest BCUT2D eigenvalue weighted by molar-refractivity contribution is -0.386. The predicted molar refractivity (Wildman–Crippen MR) is 91.4 cm³/mol. The summed E-state index contributed by atoms with van der Waals surface area (Å²) in [7, 11) is 3.29. The van der Waals surface area contributed by atoms with Gasteiger partial charge in [-0.05, 0) is 23.8 Å². The predicted octanol–water partition coefficient (Wildman–Crippen LogP) is 0.332. The highest BCUT2D eigenvalue weighted by molar-refractivity contribution is 5.81. The molecule has 0 unspecified atom stereocenters. The van der Waals surface area contributed by atoms with Crippen LogP contribution in [0.5, 0.6) is 0 Å². The van der Waals surface area contributed by atoms with E-state index in [9.17, 15) is 24.5 Å². The molecule has 2 heterocycles. The van der Waals surface area contributed by atoms with E-state index in [1.165, 1.54) is 21.3 Å². The van der Waals surface area contributed by atoms with Gasteiger partial charge >= 0.3 is 22.6 Å². The number of H-pyrrole nitrogens is 2. The molecule has 10 nitrogen and oxygen atoms in total. The van der Waals surface area contributed by atoms with Crippen LogP contribution >= 0.6 is 0 Å². The number of nitrogens with zero attached hydrogens (tertiary/aromatic N) is 3. The fourth-order valence-electron chi connectivity index (χ4n) is 2.61. The van der Waals surface area contributed by atoms with Gasteiger partial charge in [0.2, 0.25) is 0 Å². The third-order valence-corrected chi connectivity index (χ3v) is 3.87. The number of nitrogens with one attached hydrogen (secondary N) is 2. The zero-order chi connectivity index (χ0) is 18.3. The van der Waals surface area contributed by atoms with Crippen LogP contribution in [0.4, 0.5) is 5.69 Å².